The molecule has 0 bridgehead atoms. The first kappa shape index (κ1) is 16.7. The number of nitrogens with two attached hydrogens (primary N) is 1. The smallest absolute Gasteiger partial charge is 0.243 e. The van der Waals surface area contributed by atoms with Crippen LogP contribution in [0.5, 0.6) is 0 Å². The van der Waals surface area contributed by atoms with Gasteiger partial charge >= 0.3 is 0 Å². The molecule has 1 fully saturated rings. The highest BCUT2D eigenvalue weighted by Gasteiger charge is 2.36. The Hall–Kier alpha value is -0.690. The number of benzene rings is 1. The minimum absolute atomic E-state index is 0.00970. The molecule has 7 heteroatoms. The third-order valence-electron chi connectivity index (χ3n) is 3.99. The number of piperidine rings is 1. The number of nitrogens with zero attached hydrogens (tertiary/aromatic N) is 1. The van der Waals surface area contributed by atoms with Gasteiger partial charge < -0.3 is 5.73 Å². The molecule has 0 radical (unpaired) electrons. The van der Waals surface area contributed by atoms with Gasteiger partial charge in [-0.15, -0.1) is 0 Å². The maximum Gasteiger partial charge on any atom is 0.243 e. The average Bonchev–Trinajstić information content (AvgIpc) is 2.41. The van der Waals surface area contributed by atoms with Crippen molar-refractivity contribution in [1.82, 2.24) is 4.31 Å². The van der Waals surface area contributed by atoms with Gasteiger partial charge in [0.25, 0.3) is 0 Å². The lowest BCUT2D eigenvalue weighted by molar-refractivity contribution is 0.204. The molecule has 1 heterocycles. The molecule has 1 aromatic rings. The highest BCUT2D eigenvalue weighted by molar-refractivity contribution is 7.89. The molecule has 1 saturated heterocycles. The van der Waals surface area contributed by atoms with Crippen LogP contribution in [0.15, 0.2) is 17.0 Å². The van der Waals surface area contributed by atoms with E-state index in [1.54, 1.807) is 0 Å². The largest absolute Gasteiger partial charge is 0.326 e. The molecule has 0 saturated carbocycles. The van der Waals surface area contributed by atoms with Crippen LogP contribution in [0.1, 0.15) is 38.7 Å². The van der Waals surface area contributed by atoms with Gasteiger partial charge in [0.1, 0.15) is 5.82 Å². The lowest BCUT2D eigenvalue weighted by atomic mass is 10.0. The van der Waals surface area contributed by atoms with Gasteiger partial charge in [0.05, 0.1) is 9.92 Å². The van der Waals surface area contributed by atoms with Crippen LogP contribution in [0, 0.1) is 5.82 Å². The number of hydrogen-bond donors (Lipinski definition) is 1. The second kappa shape index (κ2) is 6.20. The molecule has 0 amide bonds. The first-order chi connectivity index (χ1) is 9.78. The van der Waals surface area contributed by atoms with Gasteiger partial charge in [-0.1, -0.05) is 18.0 Å². The van der Waals surface area contributed by atoms with Crippen molar-refractivity contribution in [3.63, 3.8) is 0 Å². The summed E-state index contributed by atoms with van der Waals surface area (Å²) in [4.78, 5) is -0.0783. The lowest BCUT2D eigenvalue weighted by Crippen LogP contribution is -2.47. The maximum atomic E-state index is 13.8. The highest BCUT2D eigenvalue weighted by atomic mass is 35.5. The molecule has 2 unspecified atom stereocenters. The molecule has 118 valence electrons. The Kier molecular flexibility index (Phi) is 4.92. The Morgan fingerprint density at radius 2 is 1.90 bits per heavy atom. The summed E-state index contributed by atoms with van der Waals surface area (Å²) in [6.45, 7) is 3.75. The van der Waals surface area contributed by atoms with E-state index in [4.69, 9.17) is 17.3 Å². The van der Waals surface area contributed by atoms with E-state index in [1.165, 1.54) is 10.4 Å². The fourth-order valence-electron chi connectivity index (χ4n) is 2.91. The van der Waals surface area contributed by atoms with Crippen LogP contribution in [-0.4, -0.2) is 24.8 Å². The topological polar surface area (TPSA) is 63.4 Å². The van der Waals surface area contributed by atoms with Crippen LogP contribution in [0.3, 0.4) is 0 Å². The summed E-state index contributed by atoms with van der Waals surface area (Å²) in [7, 11) is -3.75. The van der Waals surface area contributed by atoms with Crippen molar-refractivity contribution in [3.8, 4) is 0 Å². The lowest BCUT2D eigenvalue weighted by Gasteiger charge is -2.37. The van der Waals surface area contributed by atoms with Gasteiger partial charge in [0, 0.05) is 18.6 Å². The predicted molar refractivity (Wildman–Crippen MR) is 81.1 cm³/mol. The van der Waals surface area contributed by atoms with Gasteiger partial charge in [-0.25, -0.2) is 12.8 Å². The van der Waals surface area contributed by atoms with Crippen LogP contribution in [0.2, 0.25) is 5.02 Å². The zero-order chi connectivity index (χ0) is 15.8. The van der Waals surface area contributed by atoms with Crippen LogP contribution in [0.4, 0.5) is 4.39 Å². The van der Waals surface area contributed by atoms with Gasteiger partial charge in [-0.3, -0.25) is 0 Å². The summed E-state index contributed by atoms with van der Waals surface area (Å²) in [5.41, 5.74) is 5.80. The second-order valence-electron chi connectivity index (χ2n) is 5.55. The normalized spacial score (nSPS) is 24.2. The Morgan fingerprint density at radius 1 is 1.33 bits per heavy atom. The van der Waals surface area contributed by atoms with E-state index in [0.29, 0.717) is 5.56 Å². The quantitative estimate of drug-likeness (QED) is 0.924. The summed E-state index contributed by atoms with van der Waals surface area (Å²) in [5, 5.41) is -0.115. The van der Waals surface area contributed by atoms with Gasteiger partial charge in [0.15, 0.2) is 0 Å². The second-order valence-corrected chi connectivity index (χ2v) is 7.77. The Bertz CT molecular complexity index is 626. The zero-order valence-corrected chi connectivity index (χ0v) is 13.7. The van der Waals surface area contributed by atoms with Crippen molar-refractivity contribution in [2.45, 2.75) is 56.6 Å². The van der Waals surface area contributed by atoms with Gasteiger partial charge in [0.2, 0.25) is 10.0 Å². The van der Waals surface area contributed by atoms with E-state index < -0.39 is 15.8 Å². The van der Waals surface area contributed by atoms with E-state index in [0.717, 1.165) is 25.3 Å². The Balaban J connectivity index is 2.51. The average molecular weight is 335 g/mol. The number of rotatable bonds is 3. The summed E-state index contributed by atoms with van der Waals surface area (Å²) >= 11 is 5.80. The van der Waals surface area contributed by atoms with E-state index in [-0.39, 0.29) is 28.5 Å². The molecule has 2 atom stereocenters. The van der Waals surface area contributed by atoms with Crippen molar-refractivity contribution in [2.75, 3.05) is 0 Å². The SMILES string of the molecule is CC1CCCC(C)N1S(=O)(=O)c1cc(F)c(Cl)c(CN)c1. The molecular formula is C14H20ClFN2O2S. The maximum absolute atomic E-state index is 13.8. The van der Waals surface area contributed by atoms with Gasteiger partial charge in [-0.05, 0) is 44.4 Å². The highest BCUT2D eigenvalue weighted by Crippen LogP contribution is 2.32. The molecular weight excluding hydrogens is 315 g/mol. The van der Waals surface area contributed by atoms with Crippen LogP contribution >= 0.6 is 11.6 Å². The van der Waals surface area contributed by atoms with Crippen molar-refractivity contribution in [2.24, 2.45) is 5.73 Å². The first-order valence-electron chi connectivity index (χ1n) is 7.00. The van der Waals surface area contributed by atoms with E-state index in [2.05, 4.69) is 0 Å². The molecule has 0 spiro atoms. The van der Waals surface area contributed by atoms with Gasteiger partial charge in [-0.2, -0.15) is 4.31 Å². The molecule has 0 aromatic heterocycles. The Labute approximate surface area is 130 Å². The van der Waals surface area contributed by atoms with Crippen LogP contribution in [0.25, 0.3) is 0 Å². The van der Waals surface area contributed by atoms with E-state index >= 15 is 0 Å². The molecule has 2 N–H and O–H groups in total. The van der Waals surface area contributed by atoms with Crippen LogP contribution in [-0.2, 0) is 16.6 Å². The fraction of sp³-hybridized carbons (Fsp3) is 0.571. The summed E-state index contributed by atoms with van der Waals surface area (Å²) < 4.78 is 40.9. The van der Waals surface area contributed by atoms with E-state index in [1.807, 2.05) is 13.8 Å². The third kappa shape index (κ3) is 3.08. The molecule has 1 aliphatic heterocycles. The number of halogens is 2. The van der Waals surface area contributed by atoms with Crippen LogP contribution < -0.4 is 5.73 Å². The summed E-state index contributed by atoms with van der Waals surface area (Å²) in [6.07, 6.45) is 2.62. The zero-order valence-electron chi connectivity index (χ0n) is 12.1. The molecule has 21 heavy (non-hydrogen) atoms. The number of hydrogen-bond acceptors (Lipinski definition) is 3. The minimum Gasteiger partial charge on any atom is -0.326 e. The summed E-state index contributed by atoms with van der Waals surface area (Å²) in [5.74, 6) is -0.754. The fourth-order valence-corrected chi connectivity index (χ4v) is 5.04. The van der Waals surface area contributed by atoms with Crippen molar-refractivity contribution < 1.29 is 12.8 Å². The standard InChI is InChI=1S/C14H20ClFN2O2S/c1-9-4-3-5-10(2)18(9)21(19,20)12-6-11(8-17)14(15)13(16)7-12/h6-7,9-10H,3-5,8,17H2,1-2H3. The number of sulfonamides is 1. The van der Waals surface area contributed by atoms with Crippen molar-refractivity contribution in [3.05, 3.63) is 28.5 Å². The molecule has 1 aromatic carbocycles. The van der Waals surface area contributed by atoms with Crippen molar-refractivity contribution >= 4 is 21.6 Å². The molecule has 4 nitrogen and oxygen atoms in total. The first-order valence-corrected chi connectivity index (χ1v) is 8.82. The predicted octanol–water partition coefficient (Wildman–Crippen LogP) is 2.89. The summed E-state index contributed by atoms with van der Waals surface area (Å²) in [6, 6.07) is 2.15. The van der Waals surface area contributed by atoms with Crippen molar-refractivity contribution in [1.29, 1.82) is 0 Å². The van der Waals surface area contributed by atoms with E-state index in [9.17, 15) is 12.8 Å². The third-order valence-corrected chi connectivity index (χ3v) is 6.51. The molecule has 2 rings (SSSR count). The minimum atomic E-state index is -3.75. The monoisotopic (exact) mass is 334 g/mol. The Morgan fingerprint density at radius 3 is 2.43 bits per heavy atom. The molecule has 1 aliphatic rings. The molecule has 0 aliphatic carbocycles.